The van der Waals surface area contributed by atoms with Gasteiger partial charge in [-0.3, -0.25) is 9.00 Å². The van der Waals surface area contributed by atoms with Crippen molar-refractivity contribution >= 4 is 16.8 Å². The molecule has 2 unspecified atom stereocenters. The molecule has 0 aromatic heterocycles. The van der Waals surface area contributed by atoms with Crippen LogP contribution >= 0.6 is 0 Å². The first-order valence-electron chi connectivity index (χ1n) is 6.68. The second-order valence-electron chi connectivity index (χ2n) is 4.48. The third-order valence-electron chi connectivity index (χ3n) is 2.98. The molecule has 0 aliphatic heterocycles. The van der Waals surface area contributed by atoms with Gasteiger partial charge >= 0.3 is 5.97 Å². The zero-order valence-corrected chi connectivity index (χ0v) is 12.7. The molecule has 0 saturated carbocycles. The fourth-order valence-electron chi connectivity index (χ4n) is 1.88. The number of benzene rings is 1. The highest BCUT2D eigenvalue weighted by atomic mass is 32.2. The van der Waals surface area contributed by atoms with Gasteiger partial charge in [0, 0.05) is 16.6 Å². The number of rotatable bonds is 7. The molecule has 1 rings (SSSR count). The van der Waals surface area contributed by atoms with Crippen LogP contribution in [0.3, 0.4) is 0 Å². The fraction of sp³-hybridized carbons (Fsp3) is 0.533. The van der Waals surface area contributed by atoms with E-state index in [0.29, 0.717) is 18.8 Å². The first-order chi connectivity index (χ1) is 9.10. The molecule has 2 atom stereocenters. The van der Waals surface area contributed by atoms with Crippen LogP contribution in [0.4, 0.5) is 0 Å². The predicted octanol–water partition coefficient (Wildman–Crippen LogP) is 2.98. The molecule has 0 amide bonds. The second kappa shape index (κ2) is 8.10. The van der Waals surface area contributed by atoms with Crippen molar-refractivity contribution < 1.29 is 13.7 Å². The van der Waals surface area contributed by atoms with Crippen molar-refractivity contribution in [3.8, 4) is 0 Å². The first kappa shape index (κ1) is 15.9. The van der Waals surface area contributed by atoms with E-state index in [9.17, 15) is 9.00 Å². The van der Waals surface area contributed by atoms with Crippen molar-refractivity contribution in [3.05, 3.63) is 35.4 Å². The van der Waals surface area contributed by atoms with E-state index >= 15 is 0 Å². The Morgan fingerprint density at radius 1 is 1.32 bits per heavy atom. The fourth-order valence-corrected chi connectivity index (χ4v) is 3.49. The van der Waals surface area contributed by atoms with Gasteiger partial charge in [0.25, 0.3) is 0 Å². The van der Waals surface area contributed by atoms with E-state index in [-0.39, 0.29) is 5.97 Å². The summed E-state index contributed by atoms with van der Waals surface area (Å²) in [7, 11) is -1.23. The van der Waals surface area contributed by atoms with E-state index in [1.54, 1.807) is 6.92 Å². The van der Waals surface area contributed by atoms with Gasteiger partial charge in [-0.1, -0.05) is 37.6 Å². The third-order valence-corrected chi connectivity index (χ3v) is 4.64. The maximum Gasteiger partial charge on any atom is 0.321 e. The van der Waals surface area contributed by atoms with Crippen LogP contribution in [0.2, 0.25) is 0 Å². The molecule has 0 bridgehead atoms. The van der Waals surface area contributed by atoms with Crippen molar-refractivity contribution in [2.45, 2.75) is 44.6 Å². The lowest BCUT2D eigenvalue weighted by Crippen LogP contribution is -2.29. The summed E-state index contributed by atoms with van der Waals surface area (Å²) in [5, 5.41) is -0.510. The minimum Gasteiger partial charge on any atom is -0.465 e. The number of hydrogen-bond acceptors (Lipinski definition) is 3. The van der Waals surface area contributed by atoms with Crippen LogP contribution in [0.15, 0.2) is 24.3 Å². The van der Waals surface area contributed by atoms with Gasteiger partial charge in [0.1, 0.15) is 5.25 Å². The molecule has 0 radical (unpaired) electrons. The molecule has 4 heteroatoms. The maximum atomic E-state index is 12.4. The van der Waals surface area contributed by atoms with Crippen LogP contribution in [0.1, 0.15) is 37.8 Å². The number of ether oxygens (including phenoxy) is 1. The normalized spacial score (nSPS) is 13.8. The first-order valence-corrected chi connectivity index (χ1v) is 8.06. The molecule has 1 aromatic carbocycles. The standard InChI is InChI=1S/C15H22O3S/c1-4-8-14(15(16)18-5-2)19(17)11-13-10-7-6-9-12(13)3/h6-7,9-10,14H,4-5,8,11H2,1-3H3. The summed E-state index contributed by atoms with van der Waals surface area (Å²) in [5.41, 5.74) is 2.14. The zero-order valence-electron chi connectivity index (χ0n) is 11.8. The van der Waals surface area contributed by atoms with Crippen molar-refractivity contribution in [1.82, 2.24) is 0 Å². The molecule has 0 N–H and O–H groups in total. The van der Waals surface area contributed by atoms with Crippen LogP contribution in [-0.4, -0.2) is 22.0 Å². The molecule has 0 heterocycles. The van der Waals surface area contributed by atoms with Crippen LogP contribution in [0.25, 0.3) is 0 Å². The summed E-state index contributed by atoms with van der Waals surface area (Å²) in [6.45, 7) is 6.08. The SMILES string of the molecule is CCCC(C(=O)OCC)S(=O)Cc1ccccc1C. The summed E-state index contributed by atoms with van der Waals surface area (Å²) in [6.07, 6.45) is 1.43. The van der Waals surface area contributed by atoms with Gasteiger partial charge in [-0.05, 0) is 31.4 Å². The van der Waals surface area contributed by atoms with E-state index in [1.165, 1.54) is 0 Å². The lowest BCUT2D eigenvalue weighted by molar-refractivity contribution is -0.142. The van der Waals surface area contributed by atoms with Gasteiger partial charge in [-0.25, -0.2) is 0 Å². The molecule has 3 nitrogen and oxygen atoms in total. The largest absolute Gasteiger partial charge is 0.465 e. The highest BCUT2D eigenvalue weighted by Crippen LogP contribution is 2.15. The Balaban J connectivity index is 2.77. The average Bonchev–Trinajstić information content (AvgIpc) is 2.38. The Kier molecular flexibility index (Phi) is 6.78. The number of carbonyl (C=O) groups excluding carboxylic acids is 1. The van der Waals surface area contributed by atoms with Gasteiger partial charge in [0.2, 0.25) is 0 Å². The third kappa shape index (κ3) is 4.78. The Hall–Kier alpha value is -1.16. The van der Waals surface area contributed by atoms with Crippen molar-refractivity contribution in [2.75, 3.05) is 6.61 Å². The summed E-state index contributed by atoms with van der Waals surface area (Å²) < 4.78 is 17.4. The molecule has 106 valence electrons. The Bertz CT molecular complexity index is 443. The minimum atomic E-state index is -1.23. The number of esters is 1. The van der Waals surface area contributed by atoms with E-state index in [4.69, 9.17) is 4.74 Å². The summed E-state index contributed by atoms with van der Waals surface area (Å²) in [6, 6.07) is 7.84. The molecular formula is C15H22O3S. The van der Waals surface area contributed by atoms with E-state index in [2.05, 4.69) is 0 Å². The molecule has 0 spiro atoms. The van der Waals surface area contributed by atoms with E-state index in [0.717, 1.165) is 17.5 Å². The monoisotopic (exact) mass is 282 g/mol. The molecule has 0 aliphatic carbocycles. The Morgan fingerprint density at radius 3 is 2.58 bits per heavy atom. The van der Waals surface area contributed by atoms with Gasteiger partial charge in [0.15, 0.2) is 0 Å². The highest BCUT2D eigenvalue weighted by molar-refractivity contribution is 7.85. The molecule has 1 aromatic rings. The van der Waals surface area contributed by atoms with Crippen molar-refractivity contribution in [1.29, 1.82) is 0 Å². The number of hydrogen-bond donors (Lipinski definition) is 0. The van der Waals surface area contributed by atoms with Gasteiger partial charge in [-0.2, -0.15) is 0 Å². The molecule has 19 heavy (non-hydrogen) atoms. The van der Waals surface area contributed by atoms with E-state index < -0.39 is 16.0 Å². The summed E-state index contributed by atoms with van der Waals surface area (Å²) >= 11 is 0. The van der Waals surface area contributed by atoms with Crippen molar-refractivity contribution in [3.63, 3.8) is 0 Å². The average molecular weight is 282 g/mol. The molecule has 0 fully saturated rings. The molecular weight excluding hydrogens is 260 g/mol. The minimum absolute atomic E-state index is 0.334. The lowest BCUT2D eigenvalue weighted by Gasteiger charge is -2.15. The topological polar surface area (TPSA) is 43.4 Å². The van der Waals surface area contributed by atoms with Crippen molar-refractivity contribution in [2.24, 2.45) is 0 Å². The zero-order chi connectivity index (χ0) is 14.3. The predicted molar refractivity (Wildman–Crippen MR) is 78.4 cm³/mol. The maximum absolute atomic E-state index is 12.4. The van der Waals surface area contributed by atoms with Gasteiger partial charge < -0.3 is 4.74 Å². The van der Waals surface area contributed by atoms with Gasteiger partial charge in [0.05, 0.1) is 6.61 Å². The van der Waals surface area contributed by atoms with Crippen LogP contribution in [0.5, 0.6) is 0 Å². The second-order valence-corrected chi connectivity index (χ2v) is 6.10. The van der Waals surface area contributed by atoms with Crippen LogP contribution in [-0.2, 0) is 26.1 Å². The Morgan fingerprint density at radius 2 is 2.00 bits per heavy atom. The quantitative estimate of drug-likeness (QED) is 0.722. The number of carbonyl (C=O) groups is 1. The van der Waals surface area contributed by atoms with Crippen LogP contribution in [0, 0.1) is 6.92 Å². The summed E-state index contributed by atoms with van der Waals surface area (Å²) in [4.78, 5) is 11.8. The van der Waals surface area contributed by atoms with Crippen LogP contribution < -0.4 is 0 Å². The smallest absolute Gasteiger partial charge is 0.321 e. The lowest BCUT2D eigenvalue weighted by atomic mass is 10.1. The van der Waals surface area contributed by atoms with E-state index in [1.807, 2.05) is 38.1 Å². The molecule has 0 saturated heterocycles. The highest BCUT2D eigenvalue weighted by Gasteiger charge is 2.25. The summed E-state index contributed by atoms with van der Waals surface area (Å²) in [5.74, 6) is 0.0761. The number of aryl methyl sites for hydroxylation is 1. The van der Waals surface area contributed by atoms with Gasteiger partial charge in [-0.15, -0.1) is 0 Å². The molecule has 0 aliphatic rings. The Labute approximate surface area is 117 Å².